The van der Waals surface area contributed by atoms with Gasteiger partial charge in [0, 0.05) is 12.6 Å². The number of amides is 1. The largest absolute Gasteiger partial charge is 0.444 e. The average molecular weight is 336 g/mol. The molecule has 2 N–H and O–H groups in total. The van der Waals surface area contributed by atoms with E-state index in [1.165, 1.54) is 0 Å². The monoisotopic (exact) mass is 336 g/mol. The van der Waals surface area contributed by atoms with Crippen LogP contribution < -0.4 is 5.73 Å². The number of pyridine rings is 1. The quantitative estimate of drug-likeness (QED) is 0.828. The van der Waals surface area contributed by atoms with Crippen LogP contribution in [0.3, 0.4) is 0 Å². The van der Waals surface area contributed by atoms with Crippen LogP contribution in [0.5, 0.6) is 0 Å². The minimum absolute atomic E-state index is 0.00276. The fourth-order valence-electron chi connectivity index (χ4n) is 2.44. The minimum Gasteiger partial charge on any atom is -0.444 e. The highest BCUT2D eigenvalue weighted by atomic mass is 16.6. The lowest BCUT2D eigenvalue weighted by Gasteiger charge is -2.34. The van der Waals surface area contributed by atoms with Crippen molar-refractivity contribution in [1.29, 1.82) is 0 Å². The summed E-state index contributed by atoms with van der Waals surface area (Å²) in [6, 6.07) is 5.46. The van der Waals surface area contributed by atoms with Crippen molar-refractivity contribution in [1.82, 2.24) is 14.8 Å². The standard InChI is InChI=1S/C18H32N4O2/c1-7-21(8-2)12-14(3)22(17(23)24-18(4,5)6)13-15-10-9-11-16(19)20-15/h9-11,14H,7-8,12-13H2,1-6H3,(H2,19,20). The summed E-state index contributed by atoms with van der Waals surface area (Å²) in [5.74, 6) is 0.452. The third-order valence-corrected chi connectivity index (χ3v) is 3.74. The smallest absolute Gasteiger partial charge is 0.410 e. The molecule has 1 aromatic heterocycles. The number of ether oxygens (including phenoxy) is 1. The highest BCUT2D eigenvalue weighted by Crippen LogP contribution is 2.16. The third kappa shape index (κ3) is 6.74. The lowest BCUT2D eigenvalue weighted by atomic mass is 10.2. The number of nitrogen functional groups attached to an aromatic ring is 1. The number of nitrogens with zero attached hydrogens (tertiary/aromatic N) is 3. The van der Waals surface area contributed by atoms with Crippen molar-refractivity contribution in [2.24, 2.45) is 0 Å². The summed E-state index contributed by atoms with van der Waals surface area (Å²) in [4.78, 5) is 21.0. The van der Waals surface area contributed by atoms with Gasteiger partial charge in [0.05, 0.1) is 12.2 Å². The van der Waals surface area contributed by atoms with E-state index in [0.29, 0.717) is 12.4 Å². The van der Waals surface area contributed by atoms with Crippen LogP contribution >= 0.6 is 0 Å². The lowest BCUT2D eigenvalue weighted by molar-refractivity contribution is 0.0119. The fraction of sp³-hybridized carbons (Fsp3) is 0.667. The Morgan fingerprint density at radius 3 is 2.42 bits per heavy atom. The molecule has 1 heterocycles. The van der Waals surface area contributed by atoms with Crippen LogP contribution in [-0.4, -0.2) is 52.2 Å². The molecule has 0 aliphatic heterocycles. The van der Waals surface area contributed by atoms with Gasteiger partial charge in [0.15, 0.2) is 0 Å². The van der Waals surface area contributed by atoms with Gasteiger partial charge in [-0.25, -0.2) is 9.78 Å². The molecule has 0 aliphatic carbocycles. The number of rotatable bonds is 7. The molecule has 0 aliphatic rings. The molecule has 0 aromatic carbocycles. The van der Waals surface area contributed by atoms with E-state index in [4.69, 9.17) is 10.5 Å². The first-order valence-electron chi connectivity index (χ1n) is 8.59. The Balaban J connectivity index is 2.95. The lowest BCUT2D eigenvalue weighted by Crippen LogP contribution is -2.47. The Morgan fingerprint density at radius 1 is 1.29 bits per heavy atom. The molecule has 24 heavy (non-hydrogen) atoms. The number of anilines is 1. The van der Waals surface area contributed by atoms with E-state index in [1.807, 2.05) is 39.8 Å². The van der Waals surface area contributed by atoms with E-state index in [1.54, 1.807) is 11.0 Å². The van der Waals surface area contributed by atoms with E-state index >= 15 is 0 Å². The molecule has 0 saturated carbocycles. The summed E-state index contributed by atoms with van der Waals surface area (Å²) < 4.78 is 5.58. The van der Waals surface area contributed by atoms with Crippen molar-refractivity contribution in [3.8, 4) is 0 Å². The predicted octanol–water partition coefficient (Wildman–Crippen LogP) is 3.13. The Morgan fingerprint density at radius 2 is 1.92 bits per heavy atom. The summed E-state index contributed by atoms with van der Waals surface area (Å²) in [7, 11) is 0. The first-order valence-corrected chi connectivity index (χ1v) is 8.59. The van der Waals surface area contributed by atoms with Gasteiger partial charge in [-0.15, -0.1) is 0 Å². The van der Waals surface area contributed by atoms with E-state index in [0.717, 1.165) is 25.3 Å². The van der Waals surface area contributed by atoms with Crippen LogP contribution in [0.25, 0.3) is 0 Å². The second-order valence-corrected chi connectivity index (χ2v) is 7.00. The van der Waals surface area contributed by atoms with Crippen LogP contribution in [0.4, 0.5) is 10.6 Å². The van der Waals surface area contributed by atoms with Crippen molar-refractivity contribution in [3.63, 3.8) is 0 Å². The maximum absolute atomic E-state index is 12.7. The van der Waals surface area contributed by atoms with Gasteiger partial charge in [0.25, 0.3) is 0 Å². The van der Waals surface area contributed by atoms with Crippen molar-refractivity contribution in [3.05, 3.63) is 23.9 Å². The van der Waals surface area contributed by atoms with E-state index in [9.17, 15) is 4.79 Å². The number of carbonyl (C=O) groups excluding carboxylic acids is 1. The molecule has 0 saturated heterocycles. The summed E-state index contributed by atoms with van der Waals surface area (Å²) in [6.07, 6.45) is -0.327. The number of carbonyl (C=O) groups is 1. The van der Waals surface area contributed by atoms with Crippen molar-refractivity contribution in [2.45, 2.75) is 59.7 Å². The zero-order valence-corrected chi connectivity index (χ0v) is 15.9. The molecular weight excluding hydrogens is 304 g/mol. The van der Waals surface area contributed by atoms with Gasteiger partial charge in [-0.05, 0) is 52.9 Å². The molecule has 1 rings (SSSR count). The van der Waals surface area contributed by atoms with Gasteiger partial charge in [-0.1, -0.05) is 19.9 Å². The predicted molar refractivity (Wildman–Crippen MR) is 97.7 cm³/mol. The summed E-state index contributed by atoms with van der Waals surface area (Å²) >= 11 is 0. The zero-order chi connectivity index (χ0) is 18.3. The molecule has 1 aromatic rings. The zero-order valence-electron chi connectivity index (χ0n) is 15.9. The van der Waals surface area contributed by atoms with Gasteiger partial charge in [0.2, 0.25) is 0 Å². The van der Waals surface area contributed by atoms with E-state index in [2.05, 4.69) is 23.7 Å². The van der Waals surface area contributed by atoms with E-state index in [-0.39, 0.29) is 12.1 Å². The Hall–Kier alpha value is -1.82. The number of hydrogen-bond donors (Lipinski definition) is 1. The highest BCUT2D eigenvalue weighted by Gasteiger charge is 2.27. The van der Waals surface area contributed by atoms with Crippen LogP contribution in [0.1, 0.15) is 47.2 Å². The Bertz CT molecular complexity index is 524. The van der Waals surface area contributed by atoms with Crippen molar-refractivity contribution >= 4 is 11.9 Å². The summed E-state index contributed by atoms with van der Waals surface area (Å²) in [5.41, 5.74) is 5.98. The second kappa shape index (κ2) is 8.87. The van der Waals surface area contributed by atoms with Gasteiger partial charge in [0.1, 0.15) is 11.4 Å². The number of hydrogen-bond acceptors (Lipinski definition) is 5. The number of aromatic nitrogens is 1. The molecule has 0 bridgehead atoms. The van der Waals surface area contributed by atoms with Crippen LogP contribution in [-0.2, 0) is 11.3 Å². The molecule has 0 spiro atoms. The summed E-state index contributed by atoms with van der Waals surface area (Å²) in [6.45, 7) is 14.9. The molecule has 0 radical (unpaired) electrons. The van der Waals surface area contributed by atoms with Crippen LogP contribution in [0.2, 0.25) is 0 Å². The molecule has 136 valence electrons. The van der Waals surface area contributed by atoms with Crippen LogP contribution in [0.15, 0.2) is 18.2 Å². The minimum atomic E-state index is -0.534. The van der Waals surface area contributed by atoms with Gasteiger partial charge >= 0.3 is 6.09 Å². The summed E-state index contributed by atoms with van der Waals surface area (Å²) in [5, 5.41) is 0. The maximum atomic E-state index is 12.7. The normalized spacial score (nSPS) is 13.0. The van der Waals surface area contributed by atoms with E-state index < -0.39 is 5.60 Å². The van der Waals surface area contributed by atoms with Gasteiger partial charge in [-0.3, -0.25) is 4.90 Å². The molecular formula is C18H32N4O2. The molecule has 1 unspecified atom stereocenters. The average Bonchev–Trinajstić information content (AvgIpc) is 2.48. The van der Waals surface area contributed by atoms with Gasteiger partial charge < -0.3 is 15.4 Å². The molecule has 1 amide bonds. The highest BCUT2D eigenvalue weighted by molar-refractivity contribution is 5.68. The van der Waals surface area contributed by atoms with Crippen molar-refractivity contribution in [2.75, 3.05) is 25.4 Å². The Labute approximate surface area is 146 Å². The number of nitrogens with two attached hydrogens (primary N) is 1. The SMILES string of the molecule is CCN(CC)CC(C)N(Cc1cccc(N)n1)C(=O)OC(C)(C)C. The molecule has 0 fully saturated rings. The molecule has 1 atom stereocenters. The van der Waals surface area contributed by atoms with Crippen molar-refractivity contribution < 1.29 is 9.53 Å². The fourth-order valence-corrected chi connectivity index (χ4v) is 2.44. The number of likely N-dealkylation sites (N-methyl/N-ethyl adjacent to an activating group) is 1. The van der Waals surface area contributed by atoms with Gasteiger partial charge in [-0.2, -0.15) is 0 Å². The first-order chi connectivity index (χ1) is 11.2. The topological polar surface area (TPSA) is 71.7 Å². The maximum Gasteiger partial charge on any atom is 0.410 e. The van der Waals surface area contributed by atoms with Crippen LogP contribution in [0, 0.1) is 0 Å². The first kappa shape index (κ1) is 20.2. The molecule has 6 heteroatoms. The third-order valence-electron chi connectivity index (χ3n) is 3.74. The Kier molecular flexibility index (Phi) is 7.48. The molecule has 6 nitrogen and oxygen atoms in total. The second-order valence-electron chi connectivity index (χ2n) is 7.00.